The summed E-state index contributed by atoms with van der Waals surface area (Å²) in [6.07, 6.45) is -5.94. The summed E-state index contributed by atoms with van der Waals surface area (Å²) in [5.41, 5.74) is -2.02. The van der Waals surface area contributed by atoms with E-state index in [-0.39, 0.29) is 17.2 Å². The molecule has 3 aromatic rings. The SMILES string of the molecule is CCCCNc1nc(C2CC2)nc2ccc(-c3cc(C(F)(F)F)cc(C(F)(F)F)c3)cc12. The zero-order valence-corrected chi connectivity index (χ0v) is 17.2. The lowest BCUT2D eigenvalue weighted by Gasteiger charge is -2.15. The quantitative estimate of drug-likeness (QED) is 0.312. The predicted molar refractivity (Wildman–Crippen MR) is 110 cm³/mol. The van der Waals surface area contributed by atoms with Crippen molar-refractivity contribution in [2.75, 3.05) is 11.9 Å². The van der Waals surface area contributed by atoms with Gasteiger partial charge in [0.15, 0.2) is 0 Å². The van der Waals surface area contributed by atoms with E-state index in [9.17, 15) is 26.3 Å². The number of hydrogen-bond donors (Lipinski definition) is 1. The molecule has 0 atom stereocenters. The Morgan fingerprint density at radius 2 is 1.53 bits per heavy atom. The van der Waals surface area contributed by atoms with Crippen LogP contribution in [0, 0.1) is 0 Å². The molecule has 0 saturated heterocycles. The summed E-state index contributed by atoms with van der Waals surface area (Å²) in [6, 6.07) is 6.28. The van der Waals surface area contributed by atoms with E-state index in [4.69, 9.17) is 0 Å². The van der Waals surface area contributed by atoms with Crippen LogP contribution in [0.2, 0.25) is 0 Å². The lowest BCUT2D eigenvalue weighted by atomic mass is 9.98. The number of rotatable bonds is 6. The van der Waals surface area contributed by atoms with E-state index >= 15 is 0 Å². The van der Waals surface area contributed by atoms with Crippen LogP contribution in [0.1, 0.15) is 55.5 Å². The molecule has 1 aliphatic rings. The van der Waals surface area contributed by atoms with E-state index in [1.165, 1.54) is 6.07 Å². The molecule has 170 valence electrons. The van der Waals surface area contributed by atoms with Crippen molar-refractivity contribution in [3.8, 4) is 11.1 Å². The van der Waals surface area contributed by atoms with Gasteiger partial charge in [-0.25, -0.2) is 9.97 Å². The first-order chi connectivity index (χ1) is 15.1. The molecule has 4 rings (SSSR count). The fourth-order valence-corrected chi connectivity index (χ4v) is 3.49. The number of nitrogens with one attached hydrogen (secondary N) is 1. The van der Waals surface area contributed by atoms with E-state index in [1.807, 2.05) is 6.92 Å². The molecule has 1 N–H and O–H groups in total. The average Bonchev–Trinajstić information content (AvgIpc) is 3.57. The second-order valence-corrected chi connectivity index (χ2v) is 8.01. The molecule has 1 aliphatic carbocycles. The number of hydrogen-bond acceptors (Lipinski definition) is 3. The van der Waals surface area contributed by atoms with Crippen LogP contribution in [-0.2, 0) is 12.4 Å². The topological polar surface area (TPSA) is 37.8 Å². The molecule has 0 unspecified atom stereocenters. The third kappa shape index (κ3) is 4.81. The third-order valence-corrected chi connectivity index (χ3v) is 5.40. The molecule has 0 aliphatic heterocycles. The van der Waals surface area contributed by atoms with Crippen LogP contribution < -0.4 is 5.32 Å². The molecule has 3 nitrogen and oxygen atoms in total. The fourth-order valence-electron chi connectivity index (χ4n) is 3.49. The number of nitrogens with zero attached hydrogens (tertiary/aromatic N) is 2. The summed E-state index contributed by atoms with van der Waals surface area (Å²) < 4.78 is 79.6. The Balaban J connectivity index is 1.84. The molecule has 0 amide bonds. The Hall–Kier alpha value is -2.84. The van der Waals surface area contributed by atoms with Crippen LogP contribution in [0.15, 0.2) is 36.4 Å². The first-order valence-electron chi connectivity index (χ1n) is 10.4. The first-order valence-corrected chi connectivity index (χ1v) is 10.4. The van der Waals surface area contributed by atoms with Gasteiger partial charge in [-0.2, -0.15) is 26.3 Å². The molecular weight excluding hydrogens is 432 g/mol. The van der Waals surface area contributed by atoms with Crippen molar-refractivity contribution in [3.05, 3.63) is 53.3 Å². The molecule has 9 heteroatoms. The normalized spacial score (nSPS) is 14.7. The highest BCUT2D eigenvalue weighted by Gasteiger charge is 2.37. The van der Waals surface area contributed by atoms with Gasteiger partial charge in [0, 0.05) is 17.8 Å². The van der Waals surface area contributed by atoms with Crippen LogP contribution in [-0.4, -0.2) is 16.5 Å². The standard InChI is InChI=1S/C23H21F6N3/c1-2-3-8-30-21-18-11-14(6-7-19(18)31-20(32-21)13-4-5-13)15-9-16(22(24,25)26)12-17(10-15)23(27,28)29/h6-7,9-13H,2-5,8H2,1H3,(H,30,31,32). The summed E-state index contributed by atoms with van der Waals surface area (Å²) in [4.78, 5) is 9.16. The van der Waals surface area contributed by atoms with E-state index in [2.05, 4.69) is 15.3 Å². The zero-order valence-electron chi connectivity index (χ0n) is 17.2. The van der Waals surface area contributed by atoms with Gasteiger partial charge in [-0.1, -0.05) is 19.4 Å². The lowest BCUT2D eigenvalue weighted by molar-refractivity contribution is -0.143. The molecule has 1 aromatic heterocycles. The van der Waals surface area contributed by atoms with Gasteiger partial charge in [0.2, 0.25) is 0 Å². The van der Waals surface area contributed by atoms with Crippen molar-refractivity contribution < 1.29 is 26.3 Å². The molecular formula is C23H21F6N3. The number of alkyl halides is 6. The van der Waals surface area contributed by atoms with Gasteiger partial charge < -0.3 is 5.32 Å². The molecule has 32 heavy (non-hydrogen) atoms. The van der Waals surface area contributed by atoms with Crippen LogP contribution in [0.4, 0.5) is 32.2 Å². The van der Waals surface area contributed by atoms with Gasteiger partial charge in [-0.3, -0.25) is 0 Å². The number of benzene rings is 2. The van der Waals surface area contributed by atoms with Crippen molar-refractivity contribution >= 4 is 16.7 Å². The van der Waals surface area contributed by atoms with E-state index < -0.39 is 23.5 Å². The van der Waals surface area contributed by atoms with Crippen LogP contribution >= 0.6 is 0 Å². The minimum Gasteiger partial charge on any atom is -0.369 e. The summed E-state index contributed by atoms with van der Waals surface area (Å²) in [5.74, 6) is 1.56. The molecule has 0 bridgehead atoms. The smallest absolute Gasteiger partial charge is 0.369 e. The van der Waals surface area contributed by atoms with E-state index in [0.29, 0.717) is 35.0 Å². The Labute approximate surface area is 180 Å². The third-order valence-electron chi connectivity index (χ3n) is 5.40. The molecule has 0 spiro atoms. The highest BCUT2D eigenvalue weighted by atomic mass is 19.4. The summed E-state index contributed by atoms with van der Waals surface area (Å²) in [7, 11) is 0. The van der Waals surface area contributed by atoms with Crippen molar-refractivity contribution in [2.45, 2.75) is 50.9 Å². The van der Waals surface area contributed by atoms with Gasteiger partial charge >= 0.3 is 12.4 Å². The Morgan fingerprint density at radius 1 is 0.875 bits per heavy atom. The fraction of sp³-hybridized carbons (Fsp3) is 0.391. The van der Waals surface area contributed by atoms with Crippen molar-refractivity contribution in [1.82, 2.24) is 9.97 Å². The largest absolute Gasteiger partial charge is 0.416 e. The number of anilines is 1. The summed E-state index contributed by atoms with van der Waals surface area (Å²) in [5, 5.41) is 3.81. The van der Waals surface area contributed by atoms with Crippen molar-refractivity contribution in [3.63, 3.8) is 0 Å². The minimum atomic E-state index is -4.90. The second kappa shape index (κ2) is 8.26. The van der Waals surface area contributed by atoms with Crippen molar-refractivity contribution in [2.24, 2.45) is 0 Å². The van der Waals surface area contributed by atoms with Crippen LogP contribution in [0.3, 0.4) is 0 Å². The average molecular weight is 453 g/mol. The van der Waals surface area contributed by atoms with Crippen LogP contribution in [0.5, 0.6) is 0 Å². The maximum absolute atomic E-state index is 13.3. The zero-order chi connectivity index (χ0) is 23.1. The van der Waals surface area contributed by atoms with Gasteiger partial charge in [0.25, 0.3) is 0 Å². The minimum absolute atomic E-state index is 0.132. The summed E-state index contributed by atoms with van der Waals surface area (Å²) in [6.45, 7) is 2.69. The van der Waals surface area contributed by atoms with Gasteiger partial charge in [0.05, 0.1) is 16.6 Å². The Morgan fingerprint density at radius 3 is 2.09 bits per heavy atom. The second-order valence-electron chi connectivity index (χ2n) is 8.01. The molecule has 2 aromatic carbocycles. The molecule has 1 fully saturated rings. The monoisotopic (exact) mass is 453 g/mol. The van der Waals surface area contributed by atoms with Gasteiger partial charge in [0.1, 0.15) is 11.6 Å². The lowest BCUT2D eigenvalue weighted by Crippen LogP contribution is -2.11. The maximum atomic E-state index is 13.3. The van der Waals surface area contributed by atoms with E-state index in [0.717, 1.165) is 37.8 Å². The van der Waals surface area contributed by atoms with Crippen LogP contribution in [0.25, 0.3) is 22.0 Å². The van der Waals surface area contributed by atoms with Gasteiger partial charge in [-0.15, -0.1) is 0 Å². The molecule has 0 radical (unpaired) electrons. The molecule has 1 heterocycles. The number of halogens is 6. The number of aromatic nitrogens is 2. The van der Waals surface area contributed by atoms with Crippen molar-refractivity contribution in [1.29, 1.82) is 0 Å². The first kappa shape index (κ1) is 22.4. The maximum Gasteiger partial charge on any atom is 0.416 e. The van der Waals surface area contributed by atoms with E-state index in [1.54, 1.807) is 12.1 Å². The number of fused-ring (bicyclic) bond motifs is 1. The molecule has 1 saturated carbocycles. The predicted octanol–water partition coefficient (Wildman–Crippen LogP) is 7.42. The number of unbranched alkanes of at least 4 members (excludes halogenated alkanes) is 1. The Kier molecular flexibility index (Phi) is 5.77. The van der Waals surface area contributed by atoms with Gasteiger partial charge in [-0.05, 0) is 60.7 Å². The Bertz CT molecular complexity index is 1100. The highest BCUT2D eigenvalue weighted by Crippen LogP contribution is 2.41. The highest BCUT2D eigenvalue weighted by molar-refractivity contribution is 5.93. The summed E-state index contributed by atoms with van der Waals surface area (Å²) >= 11 is 0.